The predicted molar refractivity (Wildman–Crippen MR) is 75.7 cm³/mol. The minimum absolute atomic E-state index is 0.0866. The molecule has 0 aromatic carbocycles. The summed E-state index contributed by atoms with van der Waals surface area (Å²) < 4.78 is 1.61. The first-order valence-electron chi connectivity index (χ1n) is 6.42. The van der Waals surface area contributed by atoms with Crippen molar-refractivity contribution in [2.75, 3.05) is 11.9 Å². The third kappa shape index (κ3) is 4.25. The molecular weight excluding hydrogens is 260 g/mol. The van der Waals surface area contributed by atoms with Gasteiger partial charge in [-0.1, -0.05) is 0 Å². The van der Waals surface area contributed by atoms with Gasteiger partial charge in [0.25, 0.3) is 0 Å². The van der Waals surface area contributed by atoms with Crippen LogP contribution in [0.3, 0.4) is 0 Å². The summed E-state index contributed by atoms with van der Waals surface area (Å²) in [6.07, 6.45) is 1.63. The Hall–Kier alpha value is -2.05. The van der Waals surface area contributed by atoms with Gasteiger partial charge in [0.05, 0.1) is 17.8 Å². The monoisotopic (exact) mass is 282 g/mol. The van der Waals surface area contributed by atoms with Gasteiger partial charge in [-0.25, -0.2) is 4.79 Å². The molecule has 2 N–H and O–H groups in total. The van der Waals surface area contributed by atoms with Gasteiger partial charge in [-0.15, -0.1) is 0 Å². The van der Waals surface area contributed by atoms with E-state index in [9.17, 15) is 9.59 Å². The molecule has 0 aliphatic carbocycles. The average Bonchev–Trinajstić information content (AvgIpc) is 2.54. The molecule has 20 heavy (non-hydrogen) atoms. The summed E-state index contributed by atoms with van der Waals surface area (Å²) in [6, 6.07) is -0.324. The molecule has 1 heterocycles. The fourth-order valence-corrected chi connectivity index (χ4v) is 1.85. The minimum Gasteiger partial charge on any atom is -0.481 e. The lowest BCUT2D eigenvalue weighted by molar-refractivity contribution is -0.137. The maximum absolute atomic E-state index is 12.3. The highest BCUT2D eigenvalue weighted by Crippen LogP contribution is 2.18. The predicted octanol–water partition coefficient (Wildman–Crippen LogP) is 1.84. The topological polar surface area (TPSA) is 87.5 Å². The van der Waals surface area contributed by atoms with Crippen molar-refractivity contribution in [3.05, 3.63) is 11.9 Å². The van der Waals surface area contributed by atoms with Crippen LogP contribution in [-0.2, 0) is 11.8 Å². The lowest BCUT2D eigenvalue weighted by atomic mass is 10.1. The number of hydrogen-bond acceptors (Lipinski definition) is 3. The molecule has 7 nitrogen and oxygen atoms in total. The molecule has 1 rings (SSSR count). The van der Waals surface area contributed by atoms with Crippen LogP contribution < -0.4 is 5.32 Å². The number of urea groups is 1. The number of aryl methyl sites for hydroxylation is 2. The molecule has 0 bridgehead atoms. The Kier molecular flexibility index (Phi) is 4.75. The third-order valence-corrected chi connectivity index (χ3v) is 2.86. The summed E-state index contributed by atoms with van der Waals surface area (Å²) in [5.74, 6) is -0.926. The van der Waals surface area contributed by atoms with Gasteiger partial charge < -0.3 is 15.3 Å². The van der Waals surface area contributed by atoms with Crippen LogP contribution in [0.5, 0.6) is 0 Å². The molecule has 0 unspecified atom stereocenters. The first-order valence-corrected chi connectivity index (χ1v) is 6.42. The SMILES string of the molecule is Cc1nn(C)cc1NC(=O)N(CCC(=O)O)C(C)(C)C. The van der Waals surface area contributed by atoms with Gasteiger partial charge in [-0.05, 0) is 27.7 Å². The van der Waals surface area contributed by atoms with E-state index in [4.69, 9.17) is 5.11 Å². The molecule has 7 heteroatoms. The number of carbonyl (C=O) groups is 2. The quantitative estimate of drug-likeness (QED) is 0.882. The molecular formula is C13H22N4O3. The number of carbonyl (C=O) groups excluding carboxylic acids is 1. The first kappa shape index (κ1) is 16.0. The second-order valence-corrected chi connectivity index (χ2v) is 5.70. The summed E-state index contributed by atoms with van der Waals surface area (Å²) in [7, 11) is 1.77. The zero-order chi connectivity index (χ0) is 15.5. The number of aliphatic carboxylic acids is 1. The molecule has 0 spiro atoms. The van der Waals surface area contributed by atoms with Crippen molar-refractivity contribution in [2.24, 2.45) is 7.05 Å². The Balaban J connectivity index is 2.83. The number of rotatable bonds is 4. The number of carboxylic acid groups (broad SMARTS) is 1. The molecule has 0 fully saturated rings. The lowest BCUT2D eigenvalue weighted by Crippen LogP contribution is -2.48. The van der Waals surface area contributed by atoms with Crippen LogP contribution in [0.2, 0.25) is 0 Å². The maximum Gasteiger partial charge on any atom is 0.322 e. The Morgan fingerprint density at radius 3 is 2.45 bits per heavy atom. The van der Waals surface area contributed by atoms with Crippen LogP contribution in [-0.4, -0.2) is 43.9 Å². The number of amides is 2. The molecule has 0 aliphatic heterocycles. The van der Waals surface area contributed by atoms with Gasteiger partial charge in [0, 0.05) is 25.3 Å². The van der Waals surface area contributed by atoms with Gasteiger partial charge >= 0.3 is 12.0 Å². The van der Waals surface area contributed by atoms with E-state index < -0.39 is 11.5 Å². The number of anilines is 1. The van der Waals surface area contributed by atoms with E-state index in [0.29, 0.717) is 11.4 Å². The maximum atomic E-state index is 12.3. The van der Waals surface area contributed by atoms with Crippen LogP contribution in [0, 0.1) is 6.92 Å². The minimum atomic E-state index is -0.926. The van der Waals surface area contributed by atoms with Crippen molar-refractivity contribution in [3.63, 3.8) is 0 Å². The number of hydrogen-bond donors (Lipinski definition) is 2. The second-order valence-electron chi connectivity index (χ2n) is 5.70. The highest BCUT2D eigenvalue weighted by Gasteiger charge is 2.27. The summed E-state index contributed by atoms with van der Waals surface area (Å²) in [5.41, 5.74) is 0.880. The largest absolute Gasteiger partial charge is 0.481 e. The number of aromatic nitrogens is 2. The highest BCUT2D eigenvalue weighted by atomic mass is 16.4. The van der Waals surface area contributed by atoms with Crippen LogP contribution in [0.1, 0.15) is 32.9 Å². The number of nitrogens with zero attached hydrogens (tertiary/aromatic N) is 3. The van der Waals surface area contributed by atoms with Crippen LogP contribution >= 0.6 is 0 Å². The van der Waals surface area contributed by atoms with Gasteiger partial charge in [0.1, 0.15) is 0 Å². The Morgan fingerprint density at radius 1 is 1.45 bits per heavy atom. The Labute approximate surface area is 118 Å². The van der Waals surface area contributed by atoms with Crippen molar-refractivity contribution in [2.45, 2.75) is 39.7 Å². The average molecular weight is 282 g/mol. The molecule has 1 aromatic rings. The van der Waals surface area contributed by atoms with E-state index in [0.717, 1.165) is 0 Å². The Morgan fingerprint density at radius 2 is 2.05 bits per heavy atom. The van der Waals surface area contributed by atoms with Crippen LogP contribution in [0.4, 0.5) is 10.5 Å². The van der Waals surface area contributed by atoms with Gasteiger partial charge in [0.2, 0.25) is 0 Å². The molecule has 1 aromatic heterocycles. The standard InChI is InChI=1S/C13H22N4O3/c1-9-10(8-16(5)15-9)14-12(20)17(13(2,3)4)7-6-11(18)19/h8H,6-7H2,1-5H3,(H,14,20)(H,18,19). The van der Waals surface area contributed by atoms with Gasteiger partial charge in [-0.2, -0.15) is 5.10 Å². The second kappa shape index (κ2) is 5.94. The molecule has 0 saturated carbocycles. The van der Waals surface area contributed by atoms with Crippen LogP contribution in [0.25, 0.3) is 0 Å². The number of nitrogens with one attached hydrogen (secondary N) is 1. The van der Waals surface area contributed by atoms with E-state index in [1.54, 1.807) is 24.9 Å². The van der Waals surface area contributed by atoms with Crippen molar-refractivity contribution < 1.29 is 14.7 Å². The number of carboxylic acids is 1. The first-order chi connectivity index (χ1) is 9.11. The van der Waals surface area contributed by atoms with Crippen molar-refractivity contribution in [1.82, 2.24) is 14.7 Å². The fraction of sp³-hybridized carbons (Fsp3) is 0.615. The van der Waals surface area contributed by atoms with Crippen molar-refractivity contribution in [3.8, 4) is 0 Å². The summed E-state index contributed by atoms with van der Waals surface area (Å²) in [5, 5.41) is 15.7. The van der Waals surface area contributed by atoms with E-state index >= 15 is 0 Å². The molecule has 0 atom stereocenters. The van der Waals surface area contributed by atoms with Crippen LogP contribution in [0.15, 0.2) is 6.20 Å². The third-order valence-electron chi connectivity index (χ3n) is 2.86. The van der Waals surface area contributed by atoms with E-state index in [1.807, 2.05) is 20.8 Å². The van der Waals surface area contributed by atoms with E-state index in [2.05, 4.69) is 10.4 Å². The molecule has 0 radical (unpaired) electrons. The summed E-state index contributed by atoms with van der Waals surface area (Å²) in [6.45, 7) is 7.55. The summed E-state index contributed by atoms with van der Waals surface area (Å²) >= 11 is 0. The van der Waals surface area contributed by atoms with Gasteiger partial charge in [0.15, 0.2) is 0 Å². The Bertz CT molecular complexity index is 502. The normalized spacial score (nSPS) is 11.2. The highest BCUT2D eigenvalue weighted by molar-refractivity contribution is 5.90. The summed E-state index contributed by atoms with van der Waals surface area (Å²) in [4.78, 5) is 24.5. The van der Waals surface area contributed by atoms with E-state index in [-0.39, 0.29) is 19.0 Å². The fourth-order valence-electron chi connectivity index (χ4n) is 1.85. The molecule has 112 valence electrons. The zero-order valence-corrected chi connectivity index (χ0v) is 12.6. The molecule has 0 saturated heterocycles. The van der Waals surface area contributed by atoms with Crippen molar-refractivity contribution >= 4 is 17.7 Å². The van der Waals surface area contributed by atoms with E-state index in [1.165, 1.54) is 4.90 Å². The molecule has 0 aliphatic rings. The van der Waals surface area contributed by atoms with Gasteiger partial charge in [-0.3, -0.25) is 9.48 Å². The molecule has 2 amide bonds. The smallest absolute Gasteiger partial charge is 0.322 e. The lowest BCUT2D eigenvalue weighted by Gasteiger charge is -2.35. The van der Waals surface area contributed by atoms with Crippen molar-refractivity contribution in [1.29, 1.82) is 0 Å². The zero-order valence-electron chi connectivity index (χ0n) is 12.6.